The van der Waals surface area contributed by atoms with E-state index in [4.69, 9.17) is 10.5 Å². The highest BCUT2D eigenvalue weighted by atomic mass is 79.9. The fraction of sp³-hybridized carbons (Fsp3) is 0.538. The first kappa shape index (κ1) is 12.1. The summed E-state index contributed by atoms with van der Waals surface area (Å²) in [5, 5.41) is 0. The van der Waals surface area contributed by atoms with Crippen LogP contribution in [-0.4, -0.2) is 19.8 Å². The largest absolute Gasteiger partial charge is 0.381 e. The average Bonchev–Trinajstić information content (AvgIpc) is 2.31. The Labute approximate surface area is 105 Å². The van der Waals surface area contributed by atoms with Crippen molar-refractivity contribution in [2.24, 2.45) is 11.7 Å². The number of nitrogens with two attached hydrogens (primary N) is 1. The van der Waals surface area contributed by atoms with Crippen LogP contribution in [0.5, 0.6) is 0 Å². The normalized spacial score (nSPS) is 23.0. The summed E-state index contributed by atoms with van der Waals surface area (Å²) in [7, 11) is 0. The second-order valence-electron chi connectivity index (χ2n) is 4.37. The van der Waals surface area contributed by atoms with E-state index in [2.05, 4.69) is 40.2 Å². The van der Waals surface area contributed by atoms with Gasteiger partial charge in [-0.25, -0.2) is 0 Å². The molecule has 1 aromatic rings. The third kappa shape index (κ3) is 2.84. The molecule has 0 aliphatic carbocycles. The fourth-order valence-corrected chi connectivity index (χ4v) is 2.84. The van der Waals surface area contributed by atoms with E-state index >= 15 is 0 Å². The molecule has 1 heterocycles. The minimum Gasteiger partial charge on any atom is -0.381 e. The second-order valence-corrected chi connectivity index (χ2v) is 5.29. The van der Waals surface area contributed by atoms with E-state index in [9.17, 15) is 0 Å². The van der Waals surface area contributed by atoms with Gasteiger partial charge in [-0.05, 0) is 43.0 Å². The number of hydrogen-bond acceptors (Lipinski definition) is 2. The van der Waals surface area contributed by atoms with E-state index in [1.807, 2.05) is 0 Å². The van der Waals surface area contributed by atoms with Crippen LogP contribution in [0.2, 0.25) is 0 Å². The highest BCUT2D eigenvalue weighted by Gasteiger charge is 2.24. The van der Waals surface area contributed by atoms with E-state index in [-0.39, 0.29) is 0 Å². The van der Waals surface area contributed by atoms with Gasteiger partial charge in [0.1, 0.15) is 0 Å². The molecule has 2 unspecified atom stereocenters. The first-order valence-corrected chi connectivity index (χ1v) is 6.64. The van der Waals surface area contributed by atoms with Crippen LogP contribution < -0.4 is 5.73 Å². The highest BCUT2D eigenvalue weighted by Crippen LogP contribution is 2.31. The summed E-state index contributed by atoms with van der Waals surface area (Å²) in [6.45, 7) is 2.46. The molecule has 2 N–H and O–H groups in total. The summed E-state index contributed by atoms with van der Waals surface area (Å²) in [6.07, 6.45) is 2.39. The molecule has 88 valence electrons. The summed E-state index contributed by atoms with van der Waals surface area (Å²) < 4.78 is 6.67. The fourth-order valence-electron chi connectivity index (χ4n) is 2.42. The van der Waals surface area contributed by atoms with Crippen LogP contribution in [0.3, 0.4) is 0 Å². The van der Waals surface area contributed by atoms with E-state index in [1.165, 1.54) is 12.0 Å². The van der Waals surface area contributed by atoms with Crippen molar-refractivity contribution in [1.29, 1.82) is 0 Å². The van der Waals surface area contributed by atoms with Crippen LogP contribution in [0, 0.1) is 5.92 Å². The molecule has 1 aliphatic rings. The lowest BCUT2D eigenvalue weighted by Crippen LogP contribution is -2.28. The van der Waals surface area contributed by atoms with E-state index in [0.29, 0.717) is 18.4 Å². The molecule has 2 nitrogen and oxygen atoms in total. The molecule has 0 radical (unpaired) electrons. The van der Waals surface area contributed by atoms with Crippen molar-refractivity contribution in [2.45, 2.75) is 18.8 Å². The van der Waals surface area contributed by atoms with Crippen molar-refractivity contribution in [3.8, 4) is 0 Å². The first-order chi connectivity index (χ1) is 7.81. The Kier molecular flexibility index (Phi) is 4.38. The Morgan fingerprint density at radius 3 is 3.00 bits per heavy atom. The molecule has 1 saturated heterocycles. The number of benzene rings is 1. The summed E-state index contributed by atoms with van der Waals surface area (Å²) >= 11 is 3.51. The SMILES string of the molecule is NCC(c1cccc(Br)c1)C1CCCOC1. The molecule has 0 spiro atoms. The van der Waals surface area contributed by atoms with Crippen LogP contribution in [0.1, 0.15) is 24.3 Å². The summed E-state index contributed by atoms with van der Waals surface area (Å²) in [5.41, 5.74) is 7.24. The lowest BCUT2D eigenvalue weighted by Gasteiger charge is -2.29. The summed E-state index contributed by atoms with van der Waals surface area (Å²) in [4.78, 5) is 0. The quantitative estimate of drug-likeness (QED) is 0.926. The standard InChI is InChI=1S/C13H18BrNO/c14-12-5-1-3-10(7-12)13(8-15)11-4-2-6-16-9-11/h1,3,5,7,11,13H,2,4,6,8-9,15H2. The number of rotatable bonds is 3. The van der Waals surface area contributed by atoms with E-state index < -0.39 is 0 Å². The monoisotopic (exact) mass is 283 g/mol. The average molecular weight is 284 g/mol. The van der Waals surface area contributed by atoms with Crippen LogP contribution in [0.25, 0.3) is 0 Å². The molecule has 0 amide bonds. The van der Waals surface area contributed by atoms with Crippen molar-refractivity contribution >= 4 is 15.9 Å². The van der Waals surface area contributed by atoms with Gasteiger partial charge in [0.15, 0.2) is 0 Å². The number of halogens is 1. The first-order valence-electron chi connectivity index (χ1n) is 5.84. The van der Waals surface area contributed by atoms with E-state index in [1.54, 1.807) is 0 Å². The Hall–Kier alpha value is -0.380. The molecule has 1 aromatic carbocycles. The van der Waals surface area contributed by atoms with Crippen LogP contribution >= 0.6 is 15.9 Å². The smallest absolute Gasteiger partial charge is 0.0500 e. The zero-order chi connectivity index (χ0) is 11.4. The van der Waals surface area contributed by atoms with Crippen molar-refractivity contribution < 1.29 is 4.74 Å². The predicted octanol–water partition coefficient (Wildman–Crippen LogP) is 2.92. The zero-order valence-corrected chi connectivity index (χ0v) is 10.9. The van der Waals surface area contributed by atoms with Gasteiger partial charge >= 0.3 is 0 Å². The van der Waals surface area contributed by atoms with Crippen LogP contribution in [0.15, 0.2) is 28.7 Å². The Morgan fingerprint density at radius 1 is 1.50 bits per heavy atom. The van der Waals surface area contributed by atoms with Crippen molar-refractivity contribution in [1.82, 2.24) is 0 Å². The van der Waals surface area contributed by atoms with Gasteiger partial charge in [0.25, 0.3) is 0 Å². The second kappa shape index (κ2) is 5.80. The predicted molar refractivity (Wildman–Crippen MR) is 69.5 cm³/mol. The van der Waals surface area contributed by atoms with Crippen LogP contribution in [-0.2, 0) is 4.74 Å². The molecule has 1 fully saturated rings. The molecule has 3 heteroatoms. The van der Waals surface area contributed by atoms with Gasteiger partial charge in [0, 0.05) is 17.0 Å². The number of hydrogen-bond donors (Lipinski definition) is 1. The Balaban J connectivity index is 2.14. The third-order valence-electron chi connectivity index (χ3n) is 3.30. The molecule has 0 aromatic heterocycles. The van der Waals surface area contributed by atoms with Gasteiger partial charge in [-0.2, -0.15) is 0 Å². The molecule has 1 aliphatic heterocycles. The molecule has 0 bridgehead atoms. The number of ether oxygens (including phenoxy) is 1. The topological polar surface area (TPSA) is 35.2 Å². The molecule has 16 heavy (non-hydrogen) atoms. The third-order valence-corrected chi connectivity index (χ3v) is 3.79. The highest BCUT2D eigenvalue weighted by molar-refractivity contribution is 9.10. The van der Waals surface area contributed by atoms with Gasteiger partial charge in [-0.1, -0.05) is 28.1 Å². The van der Waals surface area contributed by atoms with E-state index in [0.717, 1.165) is 24.1 Å². The van der Waals surface area contributed by atoms with Crippen molar-refractivity contribution in [2.75, 3.05) is 19.8 Å². The van der Waals surface area contributed by atoms with Crippen molar-refractivity contribution in [3.63, 3.8) is 0 Å². The van der Waals surface area contributed by atoms with Gasteiger partial charge in [-0.3, -0.25) is 0 Å². The molecular formula is C13H18BrNO. The van der Waals surface area contributed by atoms with Crippen LogP contribution in [0.4, 0.5) is 0 Å². The molecule has 0 saturated carbocycles. The van der Waals surface area contributed by atoms with Gasteiger partial charge in [0.05, 0.1) is 6.61 Å². The maximum Gasteiger partial charge on any atom is 0.0500 e. The Morgan fingerprint density at radius 2 is 2.38 bits per heavy atom. The molecule has 2 atom stereocenters. The lowest BCUT2D eigenvalue weighted by molar-refractivity contribution is 0.0450. The van der Waals surface area contributed by atoms with Crippen molar-refractivity contribution in [3.05, 3.63) is 34.3 Å². The maximum absolute atomic E-state index is 5.91. The van der Waals surface area contributed by atoms with Gasteiger partial charge in [0.2, 0.25) is 0 Å². The lowest BCUT2D eigenvalue weighted by atomic mass is 9.83. The minimum absolute atomic E-state index is 0.429. The minimum atomic E-state index is 0.429. The zero-order valence-electron chi connectivity index (χ0n) is 9.36. The molecular weight excluding hydrogens is 266 g/mol. The van der Waals surface area contributed by atoms with Gasteiger partial charge < -0.3 is 10.5 Å². The summed E-state index contributed by atoms with van der Waals surface area (Å²) in [5.74, 6) is 1.01. The maximum atomic E-state index is 5.91. The molecule has 2 rings (SSSR count). The summed E-state index contributed by atoms with van der Waals surface area (Å²) in [6, 6.07) is 8.46. The van der Waals surface area contributed by atoms with Gasteiger partial charge in [-0.15, -0.1) is 0 Å². The Bertz CT molecular complexity index is 336.